The molecule has 103 valence electrons. The molecule has 1 amide bonds. The minimum Gasteiger partial charge on any atom is -0.394 e. The Kier molecular flexibility index (Phi) is 28.8. The van der Waals surface area contributed by atoms with Crippen molar-refractivity contribution in [3.05, 3.63) is 7.43 Å². The molecule has 0 fully saturated rings. The zero-order chi connectivity index (χ0) is 12.3. The number of rotatable bonds is 6. The van der Waals surface area contributed by atoms with E-state index in [9.17, 15) is 4.79 Å². The predicted molar refractivity (Wildman–Crippen MR) is 63.3 cm³/mol. The molecule has 0 aromatic rings. The van der Waals surface area contributed by atoms with E-state index in [1.165, 1.54) is 0 Å². The van der Waals surface area contributed by atoms with Crippen LogP contribution >= 0.6 is 0 Å². The normalized spacial score (nSPS) is 10.3. The molecule has 0 aromatic heterocycles. The Hall–Kier alpha value is 0.414. The van der Waals surface area contributed by atoms with E-state index < -0.39 is 12.3 Å². The van der Waals surface area contributed by atoms with Crippen molar-refractivity contribution in [2.75, 3.05) is 13.2 Å². The fraction of sp³-hybridized carbons (Fsp3) is 0.800. The van der Waals surface area contributed by atoms with Gasteiger partial charge in [-0.05, 0) is 6.42 Å². The van der Waals surface area contributed by atoms with Crippen molar-refractivity contribution in [1.82, 2.24) is 5.32 Å². The van der Waals surface area contributed by atoms with Crippen LogP contribution in [0.25, 0.3) is 0 Å². The second kappa shape index (κ2) is 18.8. The molecule has 1 radical (unpaired) electrons. The van der Waals surface area contributed by atoms with Gasteiger partial charge in [0.25, 0.3) is 0 Å². The van der Waals surface area contributed by atoms with Crippen LogP contribution in [-0.4, -0.2) is 46.7 Å². The van der Waals surface area contributed by atoms with Gasteiger partial charge >= 0.3 is 0 Å². The molecule has 1 atom stereocenters. The van der Waals surface area contributed by atoms with Crippen LogP contribution in [0.5, 0.6) is 0 Å². The Morgan fingerprint density at radius 3 is 2.00 bits per heavy atom. The molecule has 0 rings (SSSR count). The molecule has 1 unspecified atom stereocenters. The van der Waals surface area contributed by atoms with Crippen molar-refractivity contribution >= 4 is 5.91 Å². The third-order valence-electron chi connectivity index (χ3n) is 1.47. The van der Waals surface area contributed by atoms with Crippen LogP contribution in [0.15, 0.2) is 0 Å². The maximum Gasteiger partial charge on any atom is 0.220 e. The fourth-order valence-corrected chi connectivity index (χ4v) is 0.728. The zero-order valence-corrected chi connectivity index (χ0v) is 13.7. The number of hydrogen-bond acceptors (Lipinski definition) is 5. The Labute approximate surface area is 129 Å². The van der Waals surface area contributed by atoms with E-state index in [0.29, 0.717) is 0 Å². The van der Waals surface area contributed by atoms with Crippen LogP contribution in [0.1, 0.15) is 26.7 Å². The van der Waals surface area contributed by atoms with E-state index in [0.717, 1.165) is 0 Å². The molecule has 6 N–H and O–H groups in total. The standard InChI is InChI=1S/C7H16N2O4.C2H6.CH3.Y/c8-6(12)1-2-7(13)9-5(3-10)4-11;1-2;;/h5-6,10-12H,1-4,8H2,(H,9,13);1-2H3;1H3;/q;;-1;. The number of amides is 1. The number of nitrogens with one attached hydrogen (secondary N) is 1. The molecule has 17 heavy (non-hydrogen) atoms. The van der Waals surface area contributed by atoms with Gasteiger partial charge in [-0.3, -0.25) is 4.79 Å². The predicted octanol–water partition coefficient (Wildman–Crippen LogP) is -1.01. The largest absolute Gasteiger partial charge is 0.394 e. The topological polar surface area (TPSA) is 116 Å². The minimum absolute atomic E-state index is 0. The first-order chi connectivity index (χ1) is 7.10. The molecule has 0 aliphatic heterocycles. The molecular formula is C10H25N2O4Y-. The first-order valence-electron chi connectivity index (χ1n) is 5.05. The summed E-state index contributed by atoms with van der Waals surface area (Å²) in [7, 11) is 0. The molecule has 0 aliphatic rings. The van der Waals surface area contributed by atoms with Gasteiger partial charge < -0.3 is 33.8 Å². The zero-order valence-electron chi connectivity index (χ0n) is 10.9. The fourth-order valence-electron chi connectivity index (χ4n) is 0.728. The second-order valence-electron chi connectivity index (χ2n) is 2.74. The van der Waals surface area contributed by atoms with Gasteiger partial charge in [-0.25, -0.2) is 0 Å². The average molecular weight is 326 g/mol. The third-order valence-corrected chi connectivity index (χ3v) is 1.47. The van der Waals surface area contributed by atoms with Crippen LogP contribution in [0.4, 0.5) is 0 Å². The van der Waals surface area contributed by atoms with Gasteiger partial charge in [0, 0.05) is 39.1 Å². The summed E-state index contributed by atoms with van der Waals surface area (Å²) in [6.07, 6.45) is -0.767. The van der Waals surface area contributed by atoms with E-state index in [2.05, 4.69) is 5.32 Å². The summed E-state index contributed by atoms with van der Waals surface area (Å²) in [6, 6.07) is -0.637. The number of carbonyl (C=O) groups excluding carboxylic acids is 1. The third kappa shape index (κ3) is 19.0. The second-order valence-corrected chi connectivity index (χ2v) is 2.74. The number of hydrogen-bond donors (Lipinski definition) is 5. The molecule has 0 saturated carbocycles. The van der Waals surface area contributed by atoms with Gasteiger partial charge in [0.15, 0.2) is 0 Å². The summed E-state index contributed by atoms with van der Waals surface area (Å²) in [5.41, 5.74) is 5.01. The molecule has 0 aliphatic carbocycles. The Morgan fingerprint density at radius 2 is 1.71 bits per heavy atom. The molecule has 7 heteroatoms. The summed E-state index contributed by atoms with van der Waals surface area (Å²) in [5, 5.41) is 28.2. The molecule has 0 aromatic carbocycles. The Bertz CT molecular complexity index is 155. The Balaban J connectivity index is -0.000000199. The van der Waals surface area contributed by atoms with Crippen LogP contribution in [0, 0.1) is 7.43 Å². The summed E-state index contributed by atoms with van der Waals surface area (Å²) < 4.78 is 0. The first-order valence-corrected chi connectivity index (χ1v) is 5.05. The monoisotopic (exact) mass is 326 g/mol. The summed E-state index contributed by atoms with van der Waals surface area (Å²) in [5.74, 6) is -0.349. The number of nitrogens with two attached hydrogens (primary N) is 1. The van der Waals surface area contributed by atoms with E-state index >= 15 is 0 Å². The van der Waals surface area contributed by atoms with Crippen molar-refractivity contribution in [3.8, 4) is 0 Å². The molecule has 6 nitrogen and oxygen atoms in total. The van der Waals surface area contributed by atoms with Crippen molar-refractivity contribution in [3.63, 3.8) is 0 Å². The van der Waals surface area contributed by atoms with Crippen LogP contribution < -0.4 is 11.1 Å². The van der Waals surface area contributed by atoms with Crippen molar-refractivity contribution in [2.24, 2.45) is 5.73 Å². The number of aliphatic hydroxyl groups excluding tert-OH is 3. The first kappa shape index (κ1) is 26.1. The number of aliphatic hydroxyl groups is 3. The summed E-state index contributed by atoms with van der Waals surface area (Å²) >= 11 is 0. The van der Waals surface area contributed by atoms with Gasteiger partial charge in [0.1, 0.15) is 6.23 Å². The summed E-state index contributed by atoms with van der Waals surface area (Å²) in [6.45, 7) is 3.38. The minimum atomic E-state index is -1.01. The van der Waals surface area contributed by atoms with Crippen molar-refractivity contribution < 1.29 is 52.8 Å². The Morgan fingerprint density at radius 1 is 1.29 bits per heavy atom. The molecule has 0 spiro atoms. The van der Waals surface area contributed by atoms with E-state index in [1.54, 1.807) is 0 Å². The quantitative estimate of drug-likeness (QED) is 0.317. The SMILES string of the molecule is CC.NC(O)CCC(=O)NC(CO)CO.[CH3-].[Y]. The molecular weight excluding hydrogens is 301 g/mol. The van der Waals surface area contributed by atoms with E-state index in [4.69, 9.17) is 21.1 Å². The van der Waals surface area contributed by atoms with Gasteiger partial charge in [-0.1, -0.05) is 13.8 Å². The van der Waals surface area contributed by atoms with Crippen LogP contribution in [0.2, 0.25) is 0 Å². The van der Waals surface area contributed by atoms with Gasteiger partial charge in [0.05, 0.1) is 19.3 Å². The maximum absolute atomic E-state index is 11.0. The van der Waals surface area contributed by atoms with Crippen LogP contribution in [-0.2, 0) is 37.5 Å². The smallest absolute Gasteiger partial charge is 0.220 e. The van der Waals surface area contributed by atoms with Crippen molar-refractivity contribution in [2.45, 2.75) is 39.0 Å². The number of carbonyl (C=O) groups is 1. The van der Waals surface area contributed by atoms with E-state index in [1.807, 2.05) is 13.8 Å². The average Bonchev–Trinajstić information content (AvgIpc) is 2.25. The maximum atomic E-state index is 11.0. The molecule has 0 bridgehead atoms. The molecule has 0 heterocycles. The van der Waals surface area contributed by atoms with Gasteiger partial charge in [-0.15, -0.1) is 0 Å². The van der Waals surface area contributed by atoms with Crippen molar-refractivity contribution in [1.29, 1.82) is 0 Å². The van der Waals surface area contributed by atoms with Gasteiger partial charge in [0.2, 0.25) is 5.91 Å². The van der Waals surface area contributed by atoms with Gasteiger partial charge in [-0.2, -0.15) is 0 Å². The van der Waals surface area contributed by atoms with E-state index in [-0.39, 0.29) is 72.1 Å². The summed E-state index contributed by atoms with van der Waals surface area (Å²) in [4.78, 5) is 11.0. The van der Waals surface area contributed by atoms with Crippen LogP contribution in [0.3, 0.4) is 0 Å². The molecule has 0 saturated heterocycles.